The number of nitrogens with two attached hydrogens (primary N) is 5. The molecule has 0 fully saturated rings. The topological polar surface area (TPSA) is 498 Å². The van der Waals surface area contributed by atoms with Gasteiger partial charge in [0, 0.05) is 6.54 Å². The van der Waals surface area contributed by atoms with Crippen molar-refractivity contribution >= 4 is 65.2 Å². The van der Waals surface area contributed by atoms with E-state index in [1.807, 2.05) is 5.32 Å². The molecule has 0 aliphatic rings. The maximum Gasteiger partial charge on any atom is 0.490 e. The lowest BCUT2D eigenvalue weighted by molar-refractivity contribution is -0.192. The number of carbonyl (C=O) groups is 10. The Morgan fingerprint density at radius 3 is 1.63 bits per heavy atom. The Balaban J connectivity index is 0. The number of rotatable bonds is 28. The van der Waals surface area contributed by atoms with Crippen LogP contribution in [0.2, 0.25) is 0 Å². The maximum atomic E-state index is 13.9. The zero-order valence-corrected chi connectivity index (χ0v) is 39.6. The molecule has 1 unspecified atom stereocenters. The number of halogens is 3. The molecule has 0 aromatic heterocycles. The van der Waals surface area contributed by atoms with E-state index < -0.39 is 145 Å². The van der Waals surface area contributed by atoms with E-state index in [4.69, 9.17) is 38.6 Å². The number of aliphatic hydroxyl groups excluding tert-OH is 4. The second-order valence-corrected chi connectivity index (χ2v) is 16.6. The van der Waals surface area contributed by atoms with Crippen molar-refractivity contribution in [1.29, 1.82) is 0 Å². The first-order valence-corrected chi connectivity index (χ1v) is 21.5. The van der Waals surface area contributed by atoms with Gasteiger partial charge >= 0.3 is 18.1 Å². The SMILES string of the molecule is CCC(C)[C@H](NC(=O)[C@@H](CCCN=C(N)N)NC(=O)[C@H](CC(C)C)NC(=O)[C@@H](N)[C@H](O)C(C)C)C(=O)N[C@H](C(=O)NCC(=O)N(C(=O)[C@@H](N)[C@H](O)C(N)=O)[C@@H](CO)C(=O)O)[C@H](C)O.O=C(O)C(F)(F)F. The van der Waals surface area contributed by atoms with Crippen LogP contribution in [0, 0.1) is 17.8 Å². The van der Waals surface area contributed by atoms with Crippen LogP contribution in [0.3, 0.4) is 0 Å². The van der Waals surface area contributed by atoms with Crippen molar-refractivity contribution in [2.24, 2.45) is 51.4 Å². The number of hydrogen-bond donors (Lipinski definition) is 16. The van der Waals surface area contributed by atoms with Gasteiger partial charge in [-0.25, -0.2) is 9.59 Å². The van der Waals surface area contributed by atoms with Gasteiger partial charge in [0.2, 0.25) is 47.3 Å². The molecule has 402 valence electrons. The number of guanidine groups is 1. The normalized spacial score (nSPS) is 16.0. The summed E-state index contributed by atoms with van der Waals surface area (Å²) in [5.74, 6) is -15.6. The van der Waals surface area contributed by atoms with E-state index in [9.17, 15) is 81.9 Å². The first-order chi connectivity index (χ1) is 32.1. The number of primary amides is 1. The van der Waals surface area contributed by atoms with E-state index in [1.165, 1.54) is 0 Å². The molecule has 0 bridgehead atoms. The molecule has 70 heavy (non-hydrogen) atoms. The molecule has 8 amide bonds. The summed E-state index contributed by atoms with van der Waals surface area (Å²) in [5, 5.41) is 69.0. The van der Waals surface area contributed by atoms with Crippen molar-refractivity contribution in [3.05, 3.63) is 0 Å². The Morgan fingerprint density at radius 1 is 0.714 bits per heavy atom. The molecular weight excluding hydrogens is 949 g/mol. The number of alkyl halides is 3. The molecule has 31 heteroatoms. The van der Waals surface area contributed by atoms with Crippen molar-refractivity contribution in [3.8, 4) is 0 Å². The smallest absolute Gasteiger partial charge is 0.480 e. The van der Waals surface area contributed by atoms with Gasteiger partial charge in [0.15, 0.2) is 18.1 Å². The lowest BCUT2D eigenvalue weighted by atomic mass is 9.96. The molecular formula is C39H69F3N12O16. The van der Waals surface area contributed by atoms with Crippen molar-refractivity contribution in [1.82, 2.24) is 31.5 Å². The molecule has 0 spiro atoms. The lowest BCUT2D eigenvalue weighted by Gasteiger charge is -2.30. The molecule has 28 nitrogen and oxygen atoms in total. The van der Waals surface area contributed by atoms with Gasteiger partial charge in [0.25, 0.3) is 0 Å². The molecule has 0 aromatic rings. The fraction of sp³-hybridized carbons (Fsp3) is 0.718. The number of carbonyl (C=O) groups excluding carboxylic acids is 8. The fourth-order valence-electron chi connectivity index (χ4n) is 5.74. The minimum atomic E-state index is -5.08. The summed E-state index contributed by atoms with van der Waals surface area (Å²) in [4.78, 5) is 130. The van der Waals surface area contributed by atoms with Crippen LogP contribution in [0.15, 0.2) is 4.99 Å². The minimum absolute atomic E-state index is 0.0318. The van der Waals surface area contributed by atoms with Crippen LogP contribution in [0.5, 0.6) is 0 Å². The Kier molecular flexibility index (Phi) is 29.2. The van der Waals surface area contributed by atoms with Gasteiger partial charge in [-0.3, -0.25) is 48.2 Å². The van der Waals surface area contributed by atoms with Crippen LogP contribution in [0.25, 0.3) is 0 Å². The first kappa shape index (κ1) is 65.8. The molecule has 21 N–H and O–H groups in total. The third-order valence-corrected chi connectivity index (χ3v) is 9.98. The summed E-state index contributed by atoms with van der Waals surface area (Å²) in [7, 11) is 0. The van der Waals surface area contributed by atoms with Crippen LogP contribution >= 0.6 is 0 Å². The standard InChI is InChI=1S/C37H68N12O14.C2HF3O2/c1-8-17(6)25(34(60)48-26(18(7)51)33(59)44-13-22(52)49(21(14-50)36(62)63)35(61)24(39)28(54)29(40)55)47-30(56)19(10-9-11-43-37(41)42)45-31(57)20(12-15(2)3)46-32(58)23(38)27(53)16(4)5;3-2(4,5)1(6)7/h15-21,23-28,50-51,53-54H,8-14,38-39H2,1-7H3,(H2,40,55)(H,44,59)(H,45,57)(H,46,58)(H,47,56)(H,48,60)(H,62,63)(H4,41,42,43);(H,6,7)/t17?,18-,19+,20-,21-,23-,24-,25-,26-,27+,28-;/m0./s1. The number of aliphatic hydroxyl groups is 4. The highest BCUT2D eigenvalue weighted by molar-refractivity contribution is 6.05. The summed E-state index contributed by atoms with van der Waals surface area (Å²) >= 11 is 0. The van der Waals surface area contributed by atoms with Crippen LogP contribution in [0.1, 0.15) is 74.1 Å². The van der Waals surface area contributed by atoms with Crippen LogP contribution in [-0.2, 0) is 47.9 Å². The number of nitrogens with zero attached hydrogens (tertiary/aromatic N) is 2. The van der Waals surface area contributed by atoms with E-state index in [2.05, 4.69) is 26.3 Å². The zero-order chi connectivity index (χ0) is 55.1. The number of hydrogen-bond acceptors (Lipinski definition) is 17. The molecule has 0 aliphatic heterocycles. The Labute approximate surface area is 400 Å². The summed E-state index contributed by atoms with van der Waals surface area (Å²) in [6.45, 7) is 8.66. The van der Waals surface area contributed by atoms with E-state index >= 15 is 0 Å². The second-order valence-electron chi connectivity index (χ2n) is 16.6. The van der Waals surface area contributed by atoms with E-state index in [-0.39, 0.29) is 54.9 Å². The van der Waals surface area contributed by atoms with Crippen molar-refractivity contribution in [3.63, 3.8) is 0 Å². The second kappa shape index (κ2) is 31.0. The highest BCUT2D eigenvalue weighted by Crippen LogP contribution is 2.15. The quantitative estimate of drug-likeness (QED) is 0.0197. The van der Waals surface area contributed by atoms with Gasteiger partial charge in [0.1, 0.15) is 36.3 Å². The Bertz CT molecular complexity index is 1840. The number of imide groups is 1. The average Bonchev–Trinajstić information content (AvgIpc) is 3.26. The molecule has 0 heterocycles. The molecule has 0 radical (unpaired) electrons. The van der Waals surface area contributed by atoms with Crippen LogP contribution in [0.4, 0.5) is 13.2 Å². The lowest BCUT2D eigenvalue weighted by Crippen LogP contribution is -2.63. The third kappa shape index (κ3) is 22.9. The number of carboxylic acid groups (broad SMARTS) is 2. The van der Waals surface area contributed by atoms with Crippen molar-refractivity contribution in [2.45, 2.75) is 141 Å². The number of nitrogens with one attached hydrogen (secondary N) is 5. The molecule has 0 saturated carbocycles. The van der Waals surface area contributed by atoms with Crippen molar-refractivity contribution < 1.29 is 91.8 Å². The van der Waals surface area contributed by atoms with Gasteiger partial charge in [-0.15, -0.1) is 0 Å². The Morgan fingerprint density at radius 2 is 1.21 bits per heavy atom. The molecule has 0 aliphatic carbocycles. The van der Waals surface area contributed by atoms with Gasteiger partial charge in [-0.2, -0.15) is 13.2 Å². The molecule has 0 aromatic carbocycles. The molecule has 11 atom stereocenters. The van der Waals surface area contributed by atoms with E-state index in [0.717, 1.165) is 6.92 Å². The van der Waals surface area contributed by atoms with Crippen LogP contribution in [-0.4, -0.2) is 187 Å². The highest BCUT2D eigenvalue weighted by atomic mass is 19.4. The third-order valence-electron chi connectivity index (χ3n) is 9.98. The number of amides is 8. The zero-order valence-electron chi connectivity index (χ0n) is 39.6. The van der Waals surface area contributed by atoms with Gasteiger partial charge in [0.05, 0.1) is 25.4 Å². The number of aliphatic imine (C=N–C) groups is 1. The monoisotopic (exact) mass is 1020 g/mol. The largest absolute Gasteiger partial charge is 0.490 e. The summed E-state index contributed by atoms with van der Waals surface area (Å²) in [6, 6.07) is -11.8. The first-order valence-electron chi connectivity index (χ1n) is 21.5. The Hall–Kier alpha value is -6.28. The summed E-state index contributed by atoms with van der Waals surface area (Å²) < 4.78 is 31.7. The van der Waals surface area contributed by atoms with Gasteiger partial charge in [-0.1, -0.05) is 48.0 Å². The molecule has 0 rings (SSSR count). The molecule has 0 saturated heterocycles. The van der Waals surface area contributed by atoms with E-state index in [0.29, 0.717) is 0 Å². The number of carboxylic acids is 2. The average molecular weight is 1020 g/mol. The minimum Gasteiger partial charge on any atom is -0.480 e. The van der Waals surface area contributed by atoms with Crippen LogP contribution < -0.4 is 55.3 Å². The van der Waals surface area contributed by atoms with Crippen molar-refractivity contribution in [2.75, 3.05) is 19.7 Å². The van der Waals surface area contributed by atoms with E-state index in [1.54, 1.807) is 41.5 Å². The fourth-order valence-corrected chi connectivity index (χ4v) is 5.74. The predicted octanol–water partition coefficient (Wildman–Crippen LogP) is -6.48. The number of aliphatic carboxylic acids is 2. The maximum absolute atomic E-state index is 13.9. The predicted molar refractivity (Wildman–Crippen MR) is 237 cm³/mol. The highest BCUT2D eigenvalue weighted by Gasteiger charge is 2.42. The van der Waals surface area contributed by atoms with Gasteiger partial charge in [-0.05, 0) is 43.9 Å². The summed E-state index contributed by atoms with van der Waals surface area (Å²) in [6.07, 6.45) is -9.98. The van der Waals surface area contributed by atoms with Gasteiger partial charge < -0.3 is 85.9 Å². The summed E-state index contributed by atoms with van der Waals surface area (Å²) in [5.41, 5.74) is 27.3.